The smallest absolute Gasteiger partial charge is 0.174 e. The Morgan fingerprint density at radius 3 is 1.67 bits per heavy atom. The molecule has 0 amide bonds. The summed E-state index contributed by atoms with van der Waals surface area (Å²) < 4.78 is 168. The molecule has 0 bridgehead atoms. The lowest BCUT2D eigenvalue weighted by Crippen LogP contribution is -2.23. The van der Waals surface area contributed by atoms with Crippen molar-refractivity contribution in [1.82, 2.24) is 15.0 Å². The van der Waals surface area contributed by atoms with Crippen molar-refractivity contribution >= 4 is 21.9 Å². The molecular formula is C61H51F2N3O. The van der Waals surface area contributed by atoms with Gasteiger partial charge in [-0.25, -0.2) is 8.78 Å². The topological polar surface area (TPSA) is 51.8 Å². The van der Waals surface area contributed by atoms with Crippen molar-refractivity contribution in [3.63, 3.8) is 0 Å². The maximum absolute atomic E-state index is 17.1. The lowest BCUT2D eigenvalue weighted by Gasteiger charge is -2.28. The first-order chi connectivity index (χ1) is 38.0. The molecule has 0 N–H and O–H groups in total. The number of para-hydroxylation sites is 1. The fourth-order valence-electron chi connectivity index (χ4n) is 8.14. The summed E-state index contributed by atoms with van der Waals surface area (Å²) in [7, 11) is 0. The summed E-state index contributed by atoms with van der Waals surface area (Å²) >= 11 is 0. The van der Waals surface area contributed by atoms with Crippen LogP contribution in [-0.4, -0.2) is 15.0 Å². The van der Waals surface area contributed by atoms with E-state index in [1.807, 2.05) is 60.7 Å². The van der Waals surface area contributed by atoms with Crippen LogP contribution < -0.4 is 0 Å². The summed E-state index contributed by atoms with van der Waals surface area (Å²) in [6.07, 6.45) is -7.78. The van der Waals surface area contributed by atoms with Crippen molar-refractivity contribution in [3.05, 3.63) is 233 Å². The second-order valence-corrected chi connectivity index (χ2v) is 17.2. The standard InChI is InChI=1S/C61H51F2N3O/c1-60(2,47-25-29-54(65-38-47)44-17-10-6-11-18-44)35-41-31-40(32-42(33-41)36-61(3,4)48-26-30-55(66-39-48)45-19-12-7-13-20-45)23-24-46-37-64-56(34-53(46)62)52-22-14-21-50-51-28-27-49(43-15-8-5-9-16-43)57(63)59(51)67-58(50)52/h5-22,25-34,37-39H,23-24,35-36H2,1-4H3/i5D,8D,9D,15D,16D,23D2,24D2,34D,35D2,36D2. The number of halogens is 2. The number of fused-ring (bicyclic) bond motifs is 3. The zero-order valence-corrected chi connectivity index (χ0v) is 36.9. The highest BCUT2D eigenvalue weighted by Gasteiger charge is 2.26. The van der Waals surface area contributed by atoms with E-state index in [0.29, 0.717) is 22.5 Å². The Hall–Kier alpha value is -7.57. The van der Waals surface area contributed by atoms with Gasteiger partial charge in [0, 0.05) is 74.2 Å². The molecule has 0 aliphatic heterocycles. The fourth-order valence-corrected chi connectivity index (χ4v) is 8.14. The first kappa shape index (κ1) is 29.9. The van der Waals surface area contributed by atoms with Gasteiger partial charge in [0.1, 0.15) is 11.4 Å². The zero-order valence-electron chi connectivity index (χ0n) is 50.9. The van der Waals surface area contributed by atoms with Gasteiger partial charge in [0.05, 0.1) is 25.3 Å². The van der Waals surface area contributed by atoms with Crippen LogP contribution in [0.25, 0.3) is 66.8 Å². The number of hydrogen-bond donors (Lipinski definition) is 0. The van der Waals surface area contributed by atoms with E-state index in [1.165, 1.54) is 30.3 Å². The number of furan rings is 1. The monoisotopic (exact) mass is 893 g/mol. The molecule has 0 unspecified atom stereocenters. The number of nitrogens with zero attached hydrogens (tertiary/aromatic N) is 3. The molecule has 0 aliphatic rings. The van der Waals surface area contributed by atoms with Gasteiger partial charge in [-0.15, -0.1) is 0 Å². The molecule has 6 heteroatoms. The third kappa shape index (κ3) is 9.04. The van der Waals surface area contributed by atoms with Crippen molar-refractivity contribution in [2.45, 2.75) is 64.0 Å². The summed E-state index contributed by atoms with van der Waals surface area (Å²) in [6, 6.07) is 32.2. The van der Waals surface area contributed by atoms with Crippen LogP contribution in [0.2, 0.25) is 0 Å². The molecule has 6 aromatic carbocycles. The Morgan fingerprint density at radius 1 is 0.522 bits per heavy atom. The van der Waals surface area contributed by atoms with E-state index >= 15 is 8.78 Å². The molecule has 0 aliphatic carbocycles. The maximum atomic E-state index is 17.1. The molecule has 330 valence electrons. The van der Waals surface area contributed by atoms with Crippen LogP contribution in [0.15, 0.2) is 193 Å². The third-order valence-corrected chi connectivity index (χ3v) is 11.7. The van der Waals surface area contributed by atoms with Gasteiger partial charge in [0.25, 0.3) is 0 Å². The molecule has 0 atom stereocenters. The summed E-state index contributed by atoms with van der Waals surface area (Å²) in [5, 5.41) is 0.458. The van der Waals surface area contributed by atoms with Crippen molar-refractivity contribution in [2.24, 2.45) is 0 Å². The molecule has 4 heterocycles. The highest BCUT2D eigenvalue weighted by atomic mass is 19.1. The molecule has 4 nitrogen and oxygen atoms in total. The predicted octanol–water partition coefficient (Wildman–Crippen LogP) is 15.5. The van der Waals surface area contributed by atoms with E-state index in [0.717, 1.165) is 29.5 Å². The predicted molar refractivity (Wildman–Crippen MR) is 269 cm³/mol. The van der Waals surface area contributed by atoms with Crippen molar-refractivity contribution in [2.75, 3.05) is 0 Å². The molecule has 0 fully saturated rings. The van der Waals surface area contributed by atoms with Crippen molar-refractivity contribution in [3.8, 4) is 44.9 Å². The van der Waals surface area contributed by atoms with Crippen LogP contribution in [0, 0.1) is 11.6 Å². The second kappa shape index (κ2) is 18.0. The van der Waals surface area contributed by atoms with Gasteiger partial charge < -0.3 is 4.42 Å². The van der Waals surface area contributed by atoms with Gasteiger partial charge in [-0.05, 0) is 94.0 Å². The Morgan fingerprint density at radius 2 is 1.09 bits per heavy atom. The molecule has 0 saturated heterocycles. The average molecular weight is 894 g/mol. The molecule has 0 radical (unpaired) electrons. The highest BCUT2D eigenvalue weighted by molar-refractivity contribution is 6.10. The van der Waals surface area contributed by atoms with Gasteiger partial charge in [0.2, 0.25) is 0 Å². The largest absolute Gasteiger partial charge is 0.452 e. The molecular weight excluding hydrogens is 829 g/mol. The minimum absolute atomic E-state index is 0.0340. The van der Waals surface area contributed by atoms with E-state index < -0.39 is 107 Å². The molecule has 0 spiro atoms. The molecule has 10 aromatic rings. The highest BCUT2D eigenvalue weighted by Crippen LogP contribution is 2.40. The van der Waals surface area contributed by atoms with Gasteiger partial charge in [-0.3, -0.25) is 15.0 Å². The number of aryl methyl sites for hydroxylation is 2. The summed E-state index contributed by atoms with van der Waals surface area (Å²) in [4.78, 5) is 13.6. The fraction of sp³-hybridized carbons (Fsp3) is 0.164. The van der Waals surface area contributed by atoms with Gasteiger partial charge in [0.15, 0.2) is 11.4 Å². The zero-order chi connectivity index (χ0) is 58.5. The quantitative estimate of drug-likeness (QED) is 0.116. The Kier molecular flexibility index (Phi) is 8.03. The molecule has 4 aromatic heterocycles. The molecule has 10 rings (SSSR count). The van der Waals surface area contributed by atoms with Crippen LogP contribution >= 0.6 is 0 Å². The van der Waals surface area contributed by atoms with Crippen LogP contribution in [0.3, 0.4) is 0 Å². The van der Waals surface area contributed by atoms with Gasteiger partial charge in [-0.2, -0.15) is 0 Å². The lowest BCUT2D eigenvalue weighted by atomic mass is 9.77. The Labute approximate surface area is 410 Å². The summed E-state index contributed by atoms with van der Waals surface area (Å²) in [5.74, 6) is -2.58. The Bertz CT molecular complexity index is 3940. The SMILES string of the molecule is [2H]c1c([2H])c([2H])c(-c2ccc3c(oc4c(-c5ncc(C([2H])([2H])C([2H])([2H])c6cc(C([2H])([2H])C(C)(C)c7ccc(-c8ccccc8)nc7)cc(C([2H])([2H])C(C)(C)c7ccc(-c8ccccc8)nc7)c6)c(F)c5[2H])cccc43)c2F)c([2H])c1[2H]. The van der Waals surface area contributed by atoms with Crippen LogP contribution in [0.4, 0.5) is 8.78 Å². The number of benzene rings is 6. The summed E-state index contributed by atoms with van der Waals surface area (Å²) in [6.45, 7) is 6.53. The molecule has 67 heavy (non-hydrogen) atoms. The van der Waals surface area contributed by atoms with Gasteiger partial charge >= 0.3 is 0 Å². The number of aromatic nitrogens is 3. The van der Waals surface area contributed by atoms with E-state index in [4.69, 9.17) is 12.6 Å². The van der Waals surface area contributed by atoms with E-state index in [9.17, 15) is 11.0 Å². The van der Waals surface area contributed by atoms with Crippen molar-refractivity contribution < 1.29 is 32.4 Å². The van der Waals surface area contributed by atoms with Crippen LogP contribution in [0.5, 0.6) is 0 Å². The third-order valence-electron chi connectivity index (χ3n) is 11.7. The van der Waals surface area contributed by atoms with Gasteiger partial charge in [-0.1, -0.05) is 167 Å². The average Bonchev–Trinajstić information content (AvgIpc) is 3.87. The second-order valence-electron chi connectivity index (χ2n) is 17.2. The number of hydrogen-bond acceptors (Lipinski definition) is 4. The minimum atomic E-state index is -3.40. The summed E-state index contributed by atoms with van der Waals surface area (Å²) in [5.41, 5.74) is -2.67. The molecule has 0 saturated carbocycles. The van der Waals surface area contributed by atoms with Crippen LogP contribution in [0.1, 0.15) is 80.3 Å². The Balaban J connectivity index is 1.07. The maximum Gasteiger partial charge on any atom is 0.174 e. The normalized spacial score (nSPS) is 15.9. The first-order valence-corrected chi connectivity index (χ1v) is 21.6. The van der Waals surface area contributed by atoms with E-state index in [2.05, 4.69) is 15.0 Å². The minimum Gasteiger partial charge on any atom is -0.452 e. The number of pyridine rings is 3. The lowest BCUT2D eigenvalue weighted by molar-refractivity contribution is 0.512. The van der Waals surface area contributed by atoms with Crippen molar-refractivity contribution in [1.29, 1.82) is 0 Å². The first-order valence-electron chi connectivity index (χ1n) is 28.6. The number of rotatable bonds is 13. The van der Waals surface area contributed by atoms with E-state index in [1.54, 1.807) is 70.4 Å². The van der Waals surface area contributed by atoms with Crippen LogP contribution in [-0.2, 0) is 36.3 Å². The van der Waals surface area contributed by atoms with E-state index in [-0.39, 0.29) is 44.2 Å².